The first-order valence-corrected chi connectivity index (χ1v) is 9.83. The molecule has 0 aliphatic carbocycles. The van der Waals surface area contributed by atoms with Gasteiger partial charge in [0.05, 0.1) is 17.6 Å². The van der Waals surface area contributed by atoms with Crippen molar-refractivity contribution in [3.63, 3.8) is 0 Å². The van der Waals surface area contributed by atoms with Gasteiger partial charge in [-0.3, -0.25) is 9.78 Å². The number of anilines is 1. The number of rotatable bonds is 6. The summed E-state index contributed by atoms with van der Waals surface area (Å²) in [5.41, 5.74) is 3.22. The van der Waals surface area contributed by atoms with Crippen LogP contribution in [0.3, 0.4) is 0 Å². The van der Waals surface area contributed by atoms with Crippen molar-refractivity contribution in [2.24, 2.45) is 7.05 Å². The Bertz CT molecular complexity index is 1120. The van der Waals surface area contributed by atoms with Crippen molar-refractivity contribution in [2.75, 3.05) is 11.1 Å². The van der Waals surface area contributed by atoms with Crippen LogP contribution in [-0.2, 0) is 18.4 Å². The highest BCUT2D eigenvalue weighted by Gasteiger charge is 2.19. The summed E-state index contributed by atoms with van der Waals surface area (Å²) in [6, 6.07) is 11.3. The molecule has 9 heteroatoms. The van der Waals surface area contributed by atoms with Crippen molar-refractivity contribution in [1.82, 2.24) is 29.3 Å². The number of hydrogen-bond donors (Lipinski definition) is 1. The minimum atomic E-state index is -0.0895. The zero-order valence-corrected chi connectivity index (χ0v) is 16.3. The normalized spacial score (nSPS) is 11.1. The molecule has 0 atom stereocenters. The first-order chi connectivity index (χ1) is 13.7. The number of nitrogens with one attached hydrogen (secondary N) is 1. The number of carbonyl (C=O) groups is 1. The summed E-state index contributed by atoms with van der Waals surface area (Å²) in [4.78, 5) is 21.1. The van der Waals surface area contributed by atoms with Gasteiger partial charge in [-0.1, -0.05) is 30.0 Å². The number of aromatic nitrogens is 6. The van der Waals surface area contributed by atoms with Gasteiger partial charge in [0, 0.05) is 25.5 Å². The largest absolute Gasteiger partial charge is 0.334 e. The second-order valence-electron chi connectivity index (χ2n) is 6.14. The molecule has 0 aliphatic rings. The molecule has 0 unspecified atom stereocenters. The molecule has 28 heavy (non-hydrogen) atoms. The van der Waals surface area contributed by atoms with Crippen molar-refractivity contribution < 1.29 is 4.79 Å². The van der Waals surface area contributed by atoms with Crippen LogP contribution in [-0.4, -0.2) is 41.0 Å². The fourth-order valence-corrected chi connectivity index (χ4v) is 3.73. The maximum atomic E-state index is 12.2. The maximum Gasteiger partial charge on any atom is 0.234 e. The number of aryl methyl sites for hydroxylation is 1. The average Bonchev–Trinajstić information content (AvgIpc) is 3.30. The van der Waals surface area contributed by atoms with Gasteiger partial charge in [0.1, 0.15) is 11.2 Å². The molecule has 3 aromatic heterocycles. The Hall–Kier alpha value is -3.20. The van der Waals surface area contributed by atoms with Crippen molar-refractivity contribution in [2.45, 2.75) is 18.6 Å². The van der Waals surface area contributed by atoms with Gasteiger partial charge in [0.15, 0.2) is 11.0 Å². The third-order valence-corrected chi connectivity index (χ3v) is 5.24. The monoisotopic (exact) mass is 393 g/mol. The minimum absolute atomic E-state index is 0.0895. The van der Waals surface area contributed by atoms with E-state index in [1.165, 1.54) is 11.8 Å². The predicted octanol–water partition coefficient (Wildman–Crippen LogP) is 2.98. The molecule has 4 rings (SSSR count). The van der Waals surface area contributed by atoms with Crippen LogP contribution in [0.2, 0.25) is 0 Å². The Morgan fingerprint density at radius 2 is 1.96 bits per heavy atom. The standard InChI is InChI=1S/C19H19N7OS/c1-3-26-18(17-16-14(9-10-20-17)25(2)12-21-16)23-24-19(26)28-11-15(27)22-13-7-5-4-6-8-13/h4-10,12H,3,11H2,1-2H3,(H,22,27). The first kappa shape index (κ1) is 18.2. The van der Waals surface area contributed by atoms with Crippen molar-refractivity contribution >= 4 is 34.4 Å². The molecule has 0 spiro atoms. The number of para-hydroxylation sites is 1. The Labute approximate surface area is 166 Å². The van der Waals surface area contributed by atoms with Gasteiger partial charge in [0.25, 0.3) is 0 Å². The highest BCUT2D eigenvalue weighted by Crippen LogP contribution is 2.27. The zero-order chi connectivity index (χ0) is 19.5. The van der Waals surface area contributed by atoms with Gasteiger partial charge in [-0.2, -0.15) is 0 Å². The molecule has 8 nitrogen and oxygen atoms in total. The summed E-state index contributed by atoms with van der Waals surface area (Å²) >= 11 is 1.35. The number of carbonyl (C=O) groups excluding carboxylic acids is 1. The molecule has 0 radical (unpaired) electrons. The fraction of sp³-hybridized carbons (Fsp3) is 0.211. The van der Waals surface area contributed by atoms with Gasteiger partial charge in [0.2, 0.25) is 5.91 Å². The molecule has 0 saturated carbocycles. The lowest BCUT2D eigenvalue weighted by molar-refractivity contribution is -0.113. The summed E-state index contributed by atoms with van der Waals surface area (Å²) in [5.74, 6) is 0.806. The molecule has 4 aromatic rings. The number of nitrogens with zero attached hydrogens (tertiary/aromatic N) is 6. The molecule has 142 valence electrons. The van der Waals surface area contributed by atoms with E-state index < -0.39 is 0 Å². The van der Waals surface area contributed by atoms with E-state index in [4.69, 9.17) is 0 Å². The maximum absolute atomic E-state index is 12.2. The van der Waals surface area contributed by atoms with E-state index >= 15 is 0 Å². The van der Waals surface area contributed by atoms with Gasteiger partial charge < -0.3 is 14.5 Å². The topological polar surface area (TPSA) is 90.5 Å². The third kappa shape index (κ3) is 3.48. The summed E-state index contributed by atoms with van der Waals surface area (Å²) < 4.78 is 3.90. The summed E-state index contributed by atoms with van der Waals surface area (Å²) in [6.07, 6.45) is 3.50. The van der Waals surface area contributed by atoms with E-state index in [0.717, 1.165) is 16.7 Å². The van der Waals surface area contributed by atoms with Crippen LogP contribution in [0.25, 0.3) is 22.6 Å². The molecule has 0 aliphatic heterocycles. The molecule has 0 fully saturated rings. The van der Waals surface area contributed by atoms with Crippen LogP contribution in [0.1, 0.15) is 6.92 Å². The molecule has 0 saturated heterocycles. The molecule has 1 aromatic carbocycles. The SMILES string of the molecule is CCn1c(SCC(=O)Nc2ccccc2)nnc1-c1nccc2c1ncn2C. The van der Waals surface area contributed by atoms with Gasteiger partial charge >= 0.3 is 0 Å². The second-order valence-corrected chi connectivity index (χ2v) is 7.08. The van der Waals surface area contributed by atoms with E-state index in [2.05, 4.69) is 25.5 Å². The molecular formula is C19H19N7OS. The zero-order valence-electron chi connectivity index (χ0n) is 15.5. The average molecular weight is 393 g/mol. The minimum Gasteiger partial charge on any atom is -0.334 e. The number of imidazole rings is 1. The van der Waals surface area contributed by atoms with E-state index in [9.17, 15) is 4.79 Å². The fourth-order valence-electron chi connectivity index (χ4n) is 2.93. The molecule has 1 N–H and O–H groups in total. The molecule has 0 bridgehead atoms. The van der Waals surface area contributed by atoms with Gasteiger partial charge in [-0.25, -0.2) is 4.98 Å². The van der Waals surface area contributed by atoms with Crippen LogP contribution >= 0.6 is 11.8 Å². The summed E-state index contributed by atoms with van der Waals surface area (Å²) in [5, 5.41) is 12.2. The first-order valence-electron chi connectivity index (χ1n) is 8.84. The van der Waals surface area contributed by atoms with Crippen LogP contribution in [0.5, 0.6) is 0 Å². The van der Waals surface area contributed by atoms with Gasteiger partial charge in [-0.05, 0) is 25.1 Å². The van der Waals surface area contributed by atoms with Crippen LogP contribution < -0.4 is 5.32 Å². The van der Waals surface area contributed by atoms with E-state index in [-0.39, 0.29) is 11.7 Å². The van der Waals surface area contributed by atoms with Gasteiger partial charge in [-0.15, -0.1) is 10.2 Å². The van der Waals surface area contributed by atoms with Crippen molar-refractivity contribution in [3.05, 3.63) is 48.9 Å². The summed E-state index contributed by atoms with van der Waals surface area (Å²) in [7, 11) is 1.94. The predicted molar refractivity (Wildman–Crippen MR) is 109 cm³/mol. The Morgan fingerprint density at radius 3 is 2.75 bits per heavy atom. The second kappa shape index (κ2) is 7.81. The number of amides is 1. The van der Waals surface area contributed by atoms with Crippen LogP contribution in [0, 0.1) is 0 Å². The quantitative estimate of drug-likeness (QED) is 0.507. The Balaban J connectivity index is 1.55. The number of hydrogen-bond acceptors (Lipinski definition) is 6. The lowest BCUT2D eigenvalue weighted by Crippen LogP contribution is -2.14. The number of thioether (sulfide) groups is 1. The van der Waals surface area contributed by atoms with Crippen molar-refractivity contribution in [1.29, 1.82) is 0 Å². The highest BCUT2D eigenvalue weighted by molar-refractivity contribution is 7.99. The molecule has 1 amide bonds. The lowest BCUT2D eigenvalue weighted by atomic mass is 10.3. The number of pyridine rings is 1. The summed E-state index contributed by atoms with van der Waals surface area (Å²) in [6.45, 7) is 2.68. The third-order valence-electron chi connectivity index (χ3n) is 4.28. The smallest absolute Gasteiger partial charge is 0.234 e. The Morgan fingerprint density at radius 1 is 1.14 bits per heavy atom. The lowest BCUT2D eigenvalue weighted by Gasteiger charge is -2.08. The van der Waals surface area contributed by atoms with E-state index in [1.54, 1.807) is 12.5 Å². The van der Waals surface area contributed by atoms with Crippen LogP contribution in [0.15, 0.2) is 54.1 Å². The van der Waals surface area contributed by atoms with Crippen LogP contribution in [0.4, 0.5) is 5.69 Å². The molecule has 3 heterocycles. The van der Waals surface area contributed by atoms with E-state index in [0.29, 0.717) is 23.2 Å². The number of fused-ring (bicyclic) bond motifs is 1. The number of benzene rings is 1. The molecular weight excluding hydrogens is 374 g/mol. The highest BCUT2D eigenvalue weighted by atomic mass is 32.2. The van der Waals surface area contributed by atoms with Crippen molar-refractivity contribution in [3.8, 4) is 11.5 Å². The Kier molecular flexibility index (Phi) is 5.07. The van der Waals surface area contributed by atoms with E-state index in [1.807, 2.05) is 59.5 Å².